The SMILES string of the molecule is COC(=O)[C@@H](N)C(C)(C)CC1OCC(c2ccccc2)(c2ccccc2)CO1. The molecule has 28 heavy (non-hydrogen) atoms. The van der Waals surface area contributed by atoms with Crippen molar-refractivity contribution in [1.29, 1.82) is 0 Å². The van der Waals surface area contributed by atoms with Crippen LogP contribution in [-0.2, 0) is 24.4 Å². The van der Waals surface area contributed by atoms with Crippen LogP contribution in [0.2, 0.25) is 0 Å². The van der Waals surface area contributed by atoms with Crippen LogP contribution in [0.3, 0.4) is 0 Å². The molecule has 5 nitrogen and oxygen atoms in total. The summed E-state index contributed by atoms with van der Waals surface area (Å²) in [5.74, 6) is -0.427. The Bertz CT molecular complexity index is 726. The van der Waals surface area contributed by atoms with Gasteiger partial charge in [-0.2, -0.15) is 0 Å². The molecular formula is C23H29NO4. The summed E-state index contributed by atoms with van der Waals surface area (Å²) < 4.78 is 17.1. The number of benzene rings is 2. The van der Waals surface area contributed by atoms with Crippen LogP contribution in [0.1, 0.15) is 31.4 Å². The van der Waals surface area contributed by atoms with Crippen molar-refractivity contribution < 1.29 is 19.0 Å². The second-order valence-corrected chi connectivity index (χ2v) is 8.06. The zero-order valence-electron chi connectivity index (χ0n) is 16.8. The van der Waals surface area contributed by atoms with Crippen molar-refractivity contribution in [2.24, 2.45) is 11.1 Å². The van der Waals surface area contributed by atoms with Crippen molar-refractivity contribution in [3.05, 3.63) is 71.8 Å². The van der Waals surface area contributed by atoms with Gasteiger partial charge in [0.25, 0.3) is 0 Å². The maximum Gasteiger partial charge on any atom is 0.323 e. The Morgan fingerprint density at radius 2 is 1.54 bits per heavy atom. The van der Waals surface area contributed by atoms with Crippen LogP contribution in [0, 0.1) is 5.41 Å². The van der Waals surface area contributed by atoms with Gasteiger partial charge in [0.05, 0.1) is 25.7 Å². The molecule has 0 amide bonds. The summed E-state index contributed by atoms with van der Waals surface area (Å²) in [7, 11) is 1.35. The molecule has 5 heteroatoms. The maximum atomic E-state index is 11.8. The largest absolute Gasteiger partial charge is 0.468 e. The highest BCUT2D eigenvalue weighted by atomic mass is 16.7. The number of rotatable bonds is 6. The Hall–Kier alpha value is -2.21. The van der Waals surface area contributed by atoms with Crippen LogP contribution in [0.15, 0.2) is 60.7 Å². The summed E-state index contributed by atoms with van der Waals surface area (Å²) in [6.07, 6.45) is 0.0781. The van der Waals surface area contributed by atoms with E-state index in [1.165, 1.54) is 7.11 Å². The molecule has 0 radical (unpaired) electrons. The second kappa shape index (κ2) is 8.43. The quantitative estimate of drug-likeness (QED) is 0.776. The molecule has 0 unspecified atom stereocenters. The summed E-state index contributed by atoms with van der Waals surface area (Å²) >= 11 is 0. The van der Waals surface area contributed by atoms with Gasteiger partial charge >= 0.3 is 5.97 Å². The van der Waals surface area contributed by atoms with Crippen LogP contribution in [0.4, 0.5) is 0 Å². The van der Waals surface area contributed by atoms with Gasteiger partial charge in [0.1, 0.15) is 6.04 Å². The number of methoxy groups -OCH3 is 1. The normalized spacial score (nSPS) is 18.4. The van der Waals surface area contributed by atoms with Gasteiger partial charge in [0.15, 0.2) is 6.29 Å². The molecular weight excluding hydrogens is 354 g/mol. The molecule has 0 bridgehead atoms. The van der Waals surface area contributed by atoms with E-state index >= 15 is 0 Å². The van der Waals surface area contributed by atoms with E-state index in [9.17, 15) is 4.79 Å². The van der Waals surface area contributed by atoms with Gasteiger partial charge in [-0.3, -0.25) is 4.79 Å². The van der Waals surface area contributed by atoms with Gasteiger partial charge < -0.3 is 19.9 Å². The monoisotopic (exact) mass is 383 g/mol. The third kappa shape index (κ3) is 4.12. The maximum absolute atomic E-state index is 11.8. The molecule has 0 aliphatic carbocycles. The first kappa shape index (κ1) is 20.5. The minimum absolute atomic E-state index is 0.367. The van der Waals surface area contributed by atoms with Crippen molar-refractivity contribution in [1.82, 2.24) is 0 Å². The molecule has 1 aliphatic rings. The third-order valence-electron chi connectivity index (χ3n) is 5.67. The van der Waals surface area contributed by atoms with Crippen LogP contribution < -0.4 is 5.73 Å². The topological polar surface area (TPSA) is 70.8 Å². The lowest BCUT2D eigenvalue weighted by Gasteiger charge is -2.43. The van der Waals surface area contributed by atoms with Crippen molar-refractivity contribution >= 4 is 5.97 Å². The van der Waals surface area contributed by atoms with Gasteiger partial charge in [-0.15, -0.1) is 0 Å². The second-order valence-electron chi connectivity index (χ2n) is 8.06. The van der Waals surface area contributed by atoms with Crippen LogP contribution >= 0.6 is 0 Å². The van der Waals surface area contributed by atoms with Gasteiger partial charge in [-0.05, 0) is 16.5 Å². The number of carbonyl (C=O) groups excluding carboxylic acids is 1. The summed E-state index contributed by atoms with van der Waals surface area (Å²) in [6.45, 7) is 4.85. The zero-order valence-corrected chi connectivity index (χ0v) is 16.8. The molecule has 150 valence electrons. The summed E-state index contributed by atoms with van der Waals surface area (Å²) in [5, 5.41) is 0. The van der Waals surface area contributed by atoms with Gasteiger partial charge in [0.2, 0.25) is 0 Å². The minimum Gasteiger partial charge on any atom is -0.468 e. The molecule has 1 heterocycles. The van der Waals surface area contributed by atoms with E-state index in [0.717, 1.165) is 11.1 Å². The summed E-state index contributed by atoms with van der Waals surface area (Å²) in [6, 6.07) is 19.8. The third-order valence-corrected chi connectivity index (χ3v) is 5.67. The predicted molar refractivity (Wildman–Crippen MR) is 108 cm³/mol. The molecule has 1 saturated heterocycles. The molecule has 1 fully saturated rings. The van der Waals surface area contributed by atoms with Gasteiger partial charge in [-0.1, -0.05) is 74.5 Å². The molecule has 3 rings (SSSR count). The molecule has 2 aromatic carbocycles. The standard InChI is InChI=1S/C23H29NO4/c1-22(2,20(24)21(25)26-3)14-19-27-15-23(16-28-19,17-10-6-4-7-11-17)18-12-8-5-9-13-18/h4-13,19-20H,14-16,24H2,1-3H3/t20-/m1/s1. The number of hydrogen-bond donors (Lipinski definition) is 1. The highest BCUT2D eigenvalue weighted by Crippen LogP contribution is 2.39. The predicted octanol–water partition coefficient (Wildman–Crippen LogP) is 3.26. The fourth-order valence-corrected chi connectivity index (χ4v) is 3.69. The Morgan fingerprint density at radius 3 is 1.96 bits per heavy atom. The molecule has 2 aromatic rings. The van der Waals surface area contributed by atoms with Gasteiger partial charge in [0, 0.05) is 6.42 Å². The highest BCUT2D eigenvalue weighted by molar-refractivity contribution is 5.76. The van der Waals surface area contributed by atoms with E-state index in [0.29, 0.717) is 19.6 Å². The number of ether oxygens (including phenoxy) is 3. The molecule has 2 N–H and O–H groups in total. The smallest absolute Gasteiger partial charge is 0.323 e. The number of nitrogens with two attached hydrogens (primary N) is 1. The molecule has 1 aliphatic heterocycles. The molecule has 0 saturated carbocycles. The van der Waals surface area contributed by atoms with Crippen LogP contribution in [0.25, 0.3) is 0 Å². The lowest BCUT2D eigenvalue weighted by atomic mass is 9.75. The Morgan fingerprint density at radius 1 is 1.07 bits per heavy atom. The van der Waals surface area contributed by atoms with E-state index in [1.54, 1.807) is 0 Å². The zero-order chi connectivity index (χ0) is 20.2. The van der Waals surface area contributed by atoms with E-state index < -0.39 is 23.7 Å². The first-order chi connectivity index (χ1) is 13.4. The molecule has 0 spiro atoms. The molecule has 1 atom stereocenters. The van der Waals surface area contributed by atoms with E-state index in [1.807, 2.05) is 50.2 Å². The lowest BCUT2D eigenvalue weighted by Crippen LogP contribution is -2.50. The fourth-order valence-electron chi connectivity index (χ4n) is 3.69. The minimum atomic E-state index is -0.736. The van der Waals surface area contributed by atoms with Crippen molar-refractivity contribution in [2.75, 3.05) is 20.3 Å². The van der Waals surface area contributed by atoms with Crippen molar-refractivity contribution in [3.8, 4) is 0 Å². The van der Waals surface area contributed by atoms with E-state index in [2.05, 4.69) is 24.3 Å². The van der Waals surface area contributed by atoms with E-state index in [-0.39, 0.29) is 5.41 Å². The number of hydrogen-bond acceptors (Lipinski definition) is 5. The first-order valence-corrected chi connectivity index (χ1v) is 9.57. The first-order valence-electron chi connectivity index (χ1n) is 9.57. The summed E-state index contributed by atoms with van der Waals surface area (Å²) in [4.78, 5) is 11.8. The molecule has 0 aromatic heterocycles. The van der Waals surface area contributed by atoms with Crippen LogP contribution in [-0.4, -0.2) is 38.6 Å². The lowest BCUT2D eigenvalue weighted by molar-refractivity contribution is -0.216. The van der Waals surface area contributed by atoms with Gasteiger partial charge in [-0.25, -0.2) is 0 Å². The fraction of sp³-hybridized carbons (Fsp3) is 0.435. The Labute approximate surface area is 166 Å². The van der Waals surface area contributed by atoms with E-state index in [4.69, 9.17) is 19.9 Å². The average molecular weight is 383 g/mol. The van der Waals surface area contributed by atoms with Crippen molar-refractivity contribution in [2.45, 2.75) is 38.0 Å². The number of carbonyl (C=O) groups is 1. The van der Waals surface area contributed by atoms with Crippen molar-refractivity contribution in [3.63, 3.8) is 0 Å². The summed E-state index contributed by atoms with van der Waals surface area (Å²) in [5.41, 5.74) is 7.50. The number of esters is 1. The Balaban J connectivity index is 1.78. The highest BCUT2D eigenvalue weighted by Gasteiger charge is 2.43. The Kier molecular flexibility index (Phi) is 6.18. The average Bonchev–Trinajstić information content (AvgIpc) is 2.74. The van der Waals surface area contributed by atoms with Crippen LogP contribution in [0.5, 0.6) is 0 Å².